The van der Waals surface area contributed by atoms with Gasteiger partial charge in [0.2, 0.25) is 0 Å². The monoisotopic (exact) mass is 335 g/mol. The Morgan fingerprint density at radius 3 is 2.91 bits per heavy atom. The van der Waals surface area contributed by atoms with Gasteiger partial charge >= 0.3 is 0 Å². The van der Waals surface area contributed by atoms with Gasteiger partial charge in [0.05, 0.1) is 5.69 Å². The highest BCUT2D eigenvalue weighted by atomic mass is 32.1. The summed E-state index contributed by atoms with van der Waals surface area (Å²) in [4.78, 5) is 13.2. The van der Waals surface area contributed by atoms with Gasteiger partial charge in [0.25, 0.3) is 5.91 Å². The van der Waals surface area contributed by atoms with E-state index in [1.54, 1.807) is 11.3 Å². The van der Waals surface area contributed by atoms with Crippen LogP contribution in [0.15, 0.2) is 16.8 Å². The maximum Gasteiger partial charge on any atom is 0.264 e. The van der Waals surface area contributed by atoms with Crippen LogP contribution in [-0.2, 0) is 11.8 Å². The van der Waals surface area contributed by atoms with Crippen molar-refractivity contribution in [2.45, 2.75) is 50.9 Å². The van der Waals surface area contributed by atoms with Gasteiger partial charge in [-0.3, -0.25) is 4.79 Å². The van der Waals surface area contributed by atoms with Crippen LogP contribution in [0.5, 0.6) is 0 Å². The summed E-state index contributed by atoms with van der Waals surface area (Å²) < 4.78 is 3.94. The van der Waals surface area contributed by atoms with Crippen molar-refractivity contribution in [1.29, 1.82) is 0 Å². The van der Waals surface area contributed by atoms with Crippen molar-refractivity contribution in [2.75, 3.05) is 6.54 Å². The van der Waals surface area contributed by atoms with Crippen molar-refractivity contribution in [2.24, 2.45) is 0 Å². The zero-order valence-electron chi connectivity index (χ0n) is 12.8. The average Bonchev–Trinajstić information content (AvgIpc) is 3.26. The van der Waals surface area contributed by atoms with Crippen molar-refractivity contribution in [3.05, 3.63) is 33.0 Å². The van der Waals surface area contributed by atoms with E-state index in [0.717, 1.165) is 31.4 Å². The molecule has 22 heavy (non-hydrogen) atoms. The fourth-order valence-electron chi connectivity index (χ4n) is 3.30. The molecule has 6 heteroatoms. The SMILES string of the molecule is CCCc1nnsc1C(=O)NCC1(c2ccsc2)CCCC1. The third-order valence-electron chi connectivity index (χ3n) is 4.53. The lowest BCUT2D eigenvalue weighted by atomic mass is 9.80. The summed E-state index contributed by atoms with van der Waals surface area (Å²) in [7, 11) is 0. The Hall–Kier alpha value is -1.27. The van der Waals surface area contributed by atoms with Crippen LogP contribution in [0, 0.1) is 0 Å². The van der Waals surface area contributed by atoms with Gasteiger partial charge in [-0.1, -0.05) is 30.7 Å². The van der Waals surface area contributed by atoms with Gasteiger partial charge in [-0.05, 0) is 53.2 Å². The Bertz CT molecular complexity index is 615. The van der Waals surface area contributed by atoms with Gasteiger partial charge in [0.1, 0.15) is 4.88 Å². The van der Waals surface area contributed by atoms with Gasteiger partial charge in [0, 0.05) is 12.0 Å². The fourth-order valence-corrected chi connectivity index (χ4v) is 4.70. The van der Waals surface area contributed by atoms with E-state index in [-0.39, 0.29) is 11.3 Å². The van der Waals surface area contributed by atoms with Crippen molar-refractivity contribution in [1.82, 2.24) is 14.9 Å². The highest BCUT2D eigenvalue weighted by molar-refractivity contribution is 7.08. The van der Waals surface area contributed by atoms with E-state index < -0.39 is 0 Å². The quantitative estimate of drug-likeness (QED) is 0.874. The summed E-state index contributed by atoms with van der Waals surface area (Å²) in [5, 5.41) is 11.6. The molecule has 4 nitrogen and oxygen atoms in total. The number of nitrogens with one attached hydrogen (secondary N) is 1. The molecule has 1 aliphatic carbocycles. The zero-order chi connectivity index (χ0) is 15.4. The van der Waals surface area contributed by atoms with Crippen LogP contribution in [0.2, 0.25) is 0 Å². The minimum atomic E-state index is -0.0139. The molecule has 2 heterocycles. The Kier molecular flexibility index (Phi) is 4.88. The molecule has 2 aromatic heterocycles. The third-order valence-corrected chi connectivity index (χ3v) is 5.98. The lowest BCUT2D eigenvalue weighted by molar-refractivity contribution is 0.0946. The predicted molar refractivity (Wildman–Crippen MR) is 90.7 cm³/mol. The smallest absolute Gasteiger partial charge is 0.264 e. The van der Waals surface area contributed by atoms with Gasteiger partial charge in [-0.25, -0.2) is 0 Å². The predicted octanol–water partition coefficient (Wildman–Crippen LogP) is 3.79. The average molecular weight is 335 g/mol. The summed E-state index contributed by atoms with van der Waals surface area (Å²) in [5.41, 5.74) is 2.34. The second-order valence-corrected chi connectivity index (χ2v) is 7.52. The van der Waals surface area contributed by atoms with Gasteiger partial charge in [0.15, 0.2) is 0 Å². The van der Waals surface area contributed by atoms with E-state index in [0.29, 0.717) is 11.4 Å². The summed E-state index contributed by atoms with van der Waals surface area (Å²) in [6.45, 7) is 2.80. The van der Waals surface area contributed by atoms with Crippen LogP contribution in [0.1, 0.15) is 60.0 Å². The molecule has 118 valence electrons. The Morgan fingerprint density at radius 2 is 2.23 bits per heavy atom. The number of carbonyl (C=O) groups excluding carboxylic acids is 1. The van der Waals surface area contributed by atoms with E-state index in [9.17, 15) is 4.79 Å². The first-order chi connectivity index (χ1) is 10.7. The summed E-state index contributed by atoms with van der Waals surface area (Å²) >= 11 is 2.94. The van der Waals surface area contributed by atoms with E-state index >= 15 is 0 Å². The van der Waals surface area contributed by atoms with Crippen molar-refractivity contribution in [3.63, 3.8) is 0 Å². The van der Waals surface area contributed by atoms with Crippen LogP contribution >= 0.6 is 22.9 Å². The maximum absolute atomic E-state index is 12.5. The maximum atomic E-state index is 12.5. The number of amides is 1. The van der Waals surface area contributed by atoms with Crippen molar-refractivity contribution >= 4 is 28.8 Å². The molecule has 1 amide bonds. The van der Waals surface area contributed by atoms with Crippen LogP contribution in [0.4, 0.5) is 0 Å². The molecule has 0 unspecified atom stereocenters. The molecule has 1 N–H and O–H groups in total. The molecule has 1 saturated carbocycles. The van der Waals surface area contributed by atoms with E-state index in [1.807, 2.05) is 0 Å². The molecule has 0 aromatic carbocycles. The number of thiophene rings is 1. The first kappa shape index (κ1) is 15.6. The highest BCUT2D eigenvalue weighted by Crippen LogP contribution is 2.41. The van der Waals surface area contributed by atoms with Crippen LogP contribution in [-0.4, -0.2) is 22.0 Å². The van der Waals surface area contributed by atoms with Gasteiger partial charge in [-0.15, -0.1) is 5.10 Å². The molecule has 3 rings (SSSR count). The third kappa shape index (κ3) is 3.08. The van der Waals surface area contributed by atoms with E-state index in [1.165, 1.54) is 29.9 Å². The first-order valence-corrected chi connectivity index (χ1v) is 9.59. The highest BCUT2D eigenvalue weighted by Gasteiger charge is 2.36. The molecular weight excluding hydrogens is 314 g/mol. The molecule has 1 aliphatic rings. The minimum absolute atomic E-state index is 0.0139. The first-order valence-electron chi connectivity index (χ1n) is 7.87. The molecule has 0 radical (unpaired) electrons. The molecule has 2 aromatic rings. The summed E-state index contributed by atoms with van der Waals surface area (Å²) in [5.74, 6) is -0.0139. The number of aromatic nitrogens is 2. The number of nitrogens with zero attached hydrogens (tertiary/aromatic N) is 2. The Labute approximate surface area is 139 Å². The fraction of sp³-hybridized carbons (Fsp3) is 0.562. The Morgan fingerprint density at radius 1 is 1.41 bits per heavy atom. The minimum Gasteiger partial charge on any atom is -0.350 e. The lowest BCUT2D eigenvalue weighted by Gasteiger charge is -2.28. The number of aryl methyl sites for hydroxylation is 1. The van der Waals surface area contributed by atoms with Gasteiger partial charge in [-0.2, -0.15) is 11.3 Å². The molecular formula is C16H21N3OS2. The van der Waals surface area contributed by atoms with E-state index in [2.05, 4.69) is 38.7 Å². The van der Waals surface area contributed by atoms with Crippen molar-refractivity contribution < 1.29 is 4.79 Å². The number of hydrogen-bond acceptors (Lipinski definition) is 5. The number of hydrogen-bond donors (Lipinski definition) is 1. The van der Waals surface area contributed by atoms with Crippen LogP contribution < -0.4 is 5.32 Å². The lowest BCUT2D eigenvalue weighted by Crippen LogP contribution is -2.38. The zero-order valence-corrected chi connectivity index (χ0v) is 14.4. The second kappa shape index (κ2) is 6.87. The molecule has 0 atom stereocenters. The van der Waals surface area contributed by atoms with E-state index in [4.69, 9.17) is 0 Å². The second-order valence-electron chi connectivity index (χ2n) is 5.98. The number of rotatable bonds is 6. The number of carbonyl (C=O) groups is 1. The summed E-state index contributed by atoms with van der Waals surface area (Å²) in [6, 6.07) is 2.21. The topological polar surface area (TPSA) is 54.9 Å². The normalized spacial score (nSPS) is 16.8. The van der Waals surface area contributed by atoms with Crippen molar-refractivity contribution in [3.8, 4) is 0 Å². The molecule has 0 aliphatic heterocycles. The molecule has 0 spiro atoms. The standard InChI is InChI=1S/C16H21N3OS2/c1-2-5-13-14(22-19-18-13)15(20)17-11-16(7-3-4-8-16)12-6-9-21-10-12/h6,9-10H,2-5,7-8,11H2,1H3,(H,17,20). The van der Waals surface area contributed by atoms with Crippen LogP contribution in [0.3, 0.4) is 0 Å². The molecule has 0 saturated heterocycles. The summed E-state index contributed by atoms with van der Waals surface area (Å²) in [6.07, 6.45) is 6.60. The Balaban J connectivity index is 1.70. The largest absolute Gasteiger partial charge is 0.350 e. The van der Waals surface area contributed by atoms with Crippen LogP contribution in [0.25, 0.3) is 0 Å². The molecule has 0 bridgehead atoms. The molecule has 1 fully saturated rings. The van der Waals surface area contributed by atoms with Gasteiger partial charge < -0.3 is 5.32 Å².